The van der Waals surface area contributed by atoms with Gasteiger partial charge in [-0.3, -0.25) is 25.2 Å². The number of halogens is 1. The number of benzene rings is 1. The fourth-order valence-corrected chi connectivity index (χ4v) is 2.64. The molecule has 1 aromatic carbocycles. The zero-order valence-corrected chi connectivity index (χ0v) is 13.9. The van der Waals surface area contributed by atoms with Crippen LogP contribution in [0.4, 0.5) is 0 Å². The molecular formula is C15H18BrN3O3. The van der Waals surface area contributed by atoms with Crippen molar-refractivity contribution in [2.24, 2.45) is 5.92 Å². The van der Waals surface area contributed by atoms with Crippen molar-refractivity contribution in [2.45, 2.75) is 19.8 Å². The van der Waals surface area contributed by atoms with Crippen LogP contribution in [0.5, 0.6) is 0 Å². The van der Waals surface area contributed by atoms with Crippen LogP contribution in [0, 0.1) is 5.92 Å². The maximum atomic E-state index is 12.4. The number of piperidine rings is 1. The number of rotatable bonds is 2. The van der Waals surface area contributed by atoms with Crippen LogP contribution in [-0.2, 0) is 9.59 Å². The Labute approximate surface area is 137 Å². The molecule has 1 aliphatic rings. The van der Waals surface area contributed by atoms with Crippen LogP contribution in [0.3, 0.4) is 0 Å². The smallest absolute Gasteiger partial charge is 0.253 e. The van der Waals surface area contributed by atoms with Gasteiger partial charge in [0.1, 0.15) is 0 Å². The van der Waals surface area contributed by atoms with Crippen LogP contribution in [0.25, 0.3) is 0 Å². The quantitative estimate of drug-likeness (QED) is 0.776. The summed E-state index contributed by atoms with van der Waals surface area (Å²) in [6.07, 6.45) is 1.18. The standard InChI is InChI=1S/C15H18BrN3O3/c1-10(20)17-18-14(21)11-6-8-19(9-7-11)15(22)12-2-4-13(16)5-3-12/h2-5,11H,6-9H2,1H3,(H,17,20)(H,18,21). The van der Waals surface area contributed by atoms with E-state index in [1.54, 1.807) is 17.0 Å². The summed E-state index contributed by atoms with van der Waals surface area (Å²) in [6.45, 7) is 2.40. The van der Waals surface area contributed by atoms with Gasteiger partial charge in [0.25, 0.3) is 5.91 Å². The van der Waals surface area contributed by atoms with E-state index >= 15 is 0 Å². The highest BCUT2D eigenvalue weighted by molar-refractivity contribution is 9.10. The highest BCUT2D eigenvalue weighted by Gasteiger charge is 2.27. The molecule has 1 fully saturated rings. The van der Waals surface area contributed by atoms with E-state index in [-0.39, 0.29) is 23.6 Å². The summed E-state index contributed by atoms with van der Waals surface area (Å²) in [7, 11) is 0. The minimum Gasteiger partial charge on any atom is -0.339 e. The van der Waals surface area contributed by atoms with Gasteiger partial charge in [-0.15, -0.1) is 0 Å². The van der Waals surface area contributed by atoms with E-state index < -0.39 is 0 Å². The van der Waals surface area contributed by atoms with Crippen LogP contribution in [0.2, 0.25) is 0 Å². The normalized spacial score (nSPS) is 15.3. The zero-order valence-electron chi connectivity index (χ0n) is 12.3. The number of hydrazine groups is 1. The summed E-state index contributed by atoms with van der Waals surface area (Å²) in [6, 6.07) is 7.23. The van der Waals surface area contributed by atoms with Gasteiger partial charge in [0.05, 0.1) is 0 Å². The number of hydrogen-bond acceptors (Lipinski definition) is 3. The molecule has 0 unspecified atom stereocenters. The van der Waals surface area contributed by atoms with Crippen molar-refractivity contribution in [1.29, 1.82) is 0 Å². The van der Waals surface area contributed by atoms with Crippen LogP contribution < -0.4 is 10.9 Å². The third-order valence-electron chi connectivity index (χ3n) is 3.61. The number of hydrogen-bond donors (Lipinski definition) is 2. The lowest BCUT2D eigenvalue weighted by Crippen LogP contribution is -2.47. The van der Waals surface area contributed by atoms with Crippen molar-refractivity contribution in [3.63, 3.8) is 0 Å². The number of carbonyl (C=O) groups excluding carboxylic acids is 3. The Morgan fingerprint density at radius 3 is 2.23 bits per heavy atom. The van der Waals surface area contributed by atoms with E-state index in [4.69, 9.17) is 0 Å². The van der Waals surface area contributed by atoms with E-state index in [2.05, 4.69) is 26.8 Å². The van der Waals surface area contributed by atoms with Crippen molar-refractivity contribution in [3.8, 4) is 0 Å². The number of amides is 3. The minimum atomic E-state index is -0.309. The second kappa shape index (κ2) is 7.40. The monoisotopic (exact) mass is 367 g/mol. The average molecular weight is 368 g/mol. The molecule has 2 N–H and O–H groups in total. The van der Waals surface area contributed by atoms with Gasteiger partial charge in [0, 0.05) is 36.0 Å². The van der Waals surface area contributed by atoms with E-state index in [1.165, 1.54) is 6.92 Å². The lowest BCUT2D eigenvalue weighted by Gasteiger charge is -2.31. The van der Waals surface area contributed by atoms with Gasteiger partial charge in [-0.2, -0.15) is 0 Å². The Bertz CT molecular complexity index is 566. The van der Waals surface area contributed by atoms with E-state index in [0.717, 1.165) is 4.47 Å². The number of carbonyl (C=O) groups is 3. The van der Waals surface area contributed by atoms with Gasteiger partial charge in [-0.05, 0) is 37.1 Å². The third-order valence-corrected chi connectivity index (χ3v) is 4.13. The highest BCUT2D eigenvalue weighted by atomic mass is 79.9. The van der Waals surface area contributed by atoms with Crippen molar-refractivity contribution in [1.82, 2.24) is 15.8 Å². The van der Waals surface area contributed by atoms with Crippen molar-refractivity contribution < 1.29 is 14.4 Å². The molecule has 0 bridgehead atoms. The third kappa shape index (κ3) is 4.30. The molecule has 0 radical (unpaired) electrons. The molecule has 0 aliphatic carbocycles. The predicted molar refractivity (Wildman–Crippen MR) is 84.7 cm³/mol. The van der Waals surface area contributed by atoms with Gasteiger partial charge < -0.3 is 4.90 Å². The summed E-state index contributed by atoms with van der Waals surface area (Å²) >= 11 is 3.34. The largest absolute Gasteiger partial charge is 0.339 e. The molecular weight excluding hydrogens is 350 g/mol. The minimum absolute atomic E-state index is 0.0202. The molecule has 1 heterocycles. The Morgan fingerprint density at radius 2 is 1.68 bits per heavy atom. The molecule has 0 saturated carbocycles. The Kier molecular flexibility index (Phi) is 5.54. The molecule has 2 rings (SSSR count). The maximum Gasteiger partial charge on any atom is 0.253 e. The molecule has 118 valence electrons. The van der Waals surface area contributed by atoms with Crippen molar-refractivity contribution in [3.05, 3.63) is 34.3 Å². The van der Waals surface area contributed by atoms with Gasteiger partial charge in [-0.1, -0.05) is 15.9 Å². The van der Waals surface area contributed by atoms with Crippen molar-refractivity contribution in [2.75, 3.05) is 13.1 Å². The fourth-order valence-electron chi connectivity index (χ4n) is 2.37. The van der Waals surface area contributed by atoms with Crippen molar-refractivity contribution >= 4 is 33.7 Å². The summed E-state index contributed by atoms with van der Waals surface area (Å²) in [5, 5.41) is 0. The maximum absolute atomic E-state index is 12.4. The second-order valence-corrected chi connectivity index (χ2v) is 6.16. The molecule has 22 heavy (non-hydrogen) atoms. The van der Waals surface area contributed by atoms with Gasteiger partial charge >= 0.3 is 0 Å². The SMILES string of the molecule is CC(=O)NNC(=O)C1CCN(C(=O)c2ccc(Br)cc2)CC1. The molecule has 0 atom stereocenters. The van der Waals surface area contributed by atoms with E-state index in [9.17, 15) is 14.4 Å². The lowest BCUT2D eigenvalue weighted by atomic mass is 9.95. The first-order valence-corrected chi connectivity index (χ1v) is 7.88. The summed E-state index contributed by atoms with van der Waals surface area (Å²) in [4.78, 5) is 36.7. The van der Waals surface area contributed by atoms with Crippen LogP contribution in [0.1, 0.15) is 30.1 Å². The van der Waals surface area contributed by atoms with Gasteiger partial charge in [0.2, 0.25) is 11.8 Å². The molecule has 1 aliphatic heterocycles. The molecule has 1 aromatic rings. The van der Waals surface area contributed by atoms with Crippen LogP contribution >= 0.6 is 15.9 Å². The first kappa shape index (κ1) is 16.5. The highest BCUT2D eigenvalue weighted by Crippen LogP contribution is 2.20. The van der Waals surface area contributed by atoms with Gasteiger partial charge in [0.15, 0.2) is 0 Å². The first-order chi connectivity index (χ1) is 10.5. The molecule has 7 heteroatoms. The number of nitrogens with one attached hydrogen (secondary N) is 2. The topological polar surface area (TPSA) is 78.5 Å². The molecule has 0 aromatic heterocycles. The second-order valence-electron chi connectivity index (χ2n) is 5.24. The fraction of sp³-hybridized carbons (Fsp3) is 0.400. The number of likely N-dealkylation sites (tertiary alicyclic amines) is 1. The average Bonchev–Trinajstić information content (AvgIpc) is 2.53. The molecule has 1 saturated heterocycles. The number of nitrogens with zero attached hydrogens (tertiary/aromatic N) is 1. The summed E-state index contributed by atoms with van der Waals surface area (Å²) in [5.74, 6) is -0.712. The van der Waals surface area contributed by atoms with Crippen LogP contribution in [-0.4, -0.2) is 35.7 Å². The lowest BCUT2D eigenvalue weighted by molar-refractivity contribution is -0.131. The van der Waals surface area contributed by atoms with Crippen LogP contribution in [0.15, 0.2) is 28.7 Å². The van der Waals surface area contributed by atoms with E-state index in [0.29, 0.717) is 31.5 Å². The predicted octanol–water partition coefficient (Wildman–Crippen LogP) is 1.47. The Balaban J connectivity index is 1.86. The Hall–Kier alpha value is -1.89. The molecule has 0 spiro atoms. The molecule has 3 amide bonds. The molecule has 6 nitrogen and oxygen atoms in total. The van der Waals surface area contributed by atoms with Gasteiger partial charge in [-0.25, -0.2) is 0 Å². The zero-order chi connectivity index (χ0) is 16.1. The van der Waals surface area contributed by atoms with E-state index in [1.807, 2.05) is 12.1 Å². The Morgan fingerprint density at radius 1 is 1.09 bits per heavy atom. The first-order valence-electron chi connectivity index (χ1n) is 7.08. The summed E-state index contributed by atoms with van der Waals surface area (Å²) < 4.78 is 0.928. The summed E-state index contributed by atoms with van der Waals surface area (Å²) in [5.41, 5.74) is 5.31.